The molecule has 1 aromatic carbocycles. The standard InChI is InChI=1S/C23H22N8/c1-2-6-18(7-3-1)20-14-22(31-23(27-20)24-17-25-31)29-12-10-28(11-13-29)15-19-16-30-9-5-4-8-21(30)26-19/h1-9,14,16-17H,10-13,15H2. The van der Waals surface area contributed by atoms with E-state index in [9.17, 15) is 0 Å². The van der Waals surface area contributed by atoms with Gasteiger partial charge in [-0.1, -0.05) is 36.4 Å². The average Bonchev–Trinajstić information content (AvgIpc) is 3.46. The second kappa shape index (κ2) is 7.48. The van der Waals surface area contributed by atoms with Crippen molar-refractivity contribution in [3.8, 4) is 11.3 Å². The van der Waals surface area contributed by atoms with E-state index in [0.29, 0.717) is 5.78 Å². The van der Waals surface area contributed by atoms with Gasteiger partial charge in [-0.2, -0.15) is 14.6 Å². The number of hydrogen-bond donors (Lipinski definition) is 0. The molecule has 6 rings (SSSR count). The summed E-state index contributed by atoms with van der Waals surface area (Å²) in [4.78, 5) is 18.6. The lowest BCUT2D eigenvalue weighted by atomic mass is 10.1. The Balaban J connectivity index is 1.22. The van der Waals surface area contributed by atoms with Crippen molar-refractivity contribution in [2.24, 2.45) is 0 Å². The zero-order valence-corrected chi connectivity index (χ0v) is 17.0. The Morgan fingerprint density at radius 2 is 1.71 bits per heavy atom. The molecule has 0 saturated carbocycles. The van der Waals surface area contributed by atoms with Crippen molar-refractivity contribution in [3.63, 3.8) is 0 Å². The Bertz CT molecular complexity index is 1300. The monoisotopic (exact) mass is 410 g/mol. The summed E-state index contributed by atoms with van der Waals surface area (Å²) >= 11 is 0. The molecular weight excluding hydrogens is 388 g/mol. The Morgan fingerprint density at radius 1 is 0.871 bits per heavy atom. The van der Waals surface area contributed by atoms with Crippen LogP contribution in [0.15, 0.2) is 73.3 Å². The summed E-state index contributed by atoms with van der Waals surface area (Å²) in [5.74, 6) is 1.66. The third-order valence-corrected chi connectivity index (χ3v) is 5.80. The number of imidazole rings is 1. The fraction of sp³-hybridized carbons (Fsp3) is 0.217. The van der Waals surface area contributed by atoms with E-state index in [0.717, 1.165) is 61.1 Å². The molecule has 0 atom stereocenters. The summed E-state index contributed by atoms with van der Waals surface area (Å²) in [6, 6.07) is 18.4. The van der Waals surface area contributed by atoms with Crippen LogP contribution in [-0.4, -0.2) is 60.0 Å². The minimum atomic E-state index is 0.628. The van der Waals surface area contributed by atoms with Crippen molar-refractivity contribution >= 4 is 17.2 Å². The van der Waals surface area contributed by atoms with E-state index < -0.39 is 0 Å². The first-order valence-electron chi connectivity index (χ1n) is 10.5. The largest absolute Gasteiger partial charge is 0.354 e. The topological polar surface area (TPSA) is 66.9 Å². The van der Waals surface area contributed by atoms with Gasteiger partial charge in [0, 0.05) is 56.7 Å². The van der Waals surface area contributed by atoms with Crippen LogP contribution >= 0.6 is 0 Å². The maximum atomic E-state index is 4.74. The van der Waals surface area contributed by atoms with Gasteiger partial charge in [0.1, 0.15) is 17.8 Å². The van der Waals surface area contributed by atoms with Gasteiger partial charge in [0.25, 0.3) is 5.78 Å². The highest BCUT2D eigenvalue weighted by Gasteiger charge is 2.21. The van der Waals surface area contributed by atoms with Crippen LogP contribution in [0.4, 0.5) is 5.82 Å². The van der Waals surface area contributed by atoms with E-state index in [2.05, 4.69) is 48.7 Å². The van der Waals surface area contributed by atoms with Crippen LogP contribution in [0.25, 0.3) is 22.7 Å². The molecule has 0 N–H and O–H groups in total. The quantitative estimate of drug-likeness (QED) is 0.454. The van der Waals surface area contributed by atoms with Crippen molar-refractivity contribution in [1.29, 1.82) is 0 Å². The molecule has 154 valence electrons. The minimum Gasteiger partial charge on any atom is -0.354 e. The number of nitrogens with zero attached hydrogens (tertiary/aromatic N) is 8. The van der Waals surface area contributed by atoms with E-state index in [1.54, 1.807) is 6.33 Å². The molecule has 8 heteroatoms. The third kappa shape index (κ3) is 3.40. The number of benzene rings is 1. The molecule has 1 aliphatic rings. The highest BCUT2D eigenvalue weighted by molar-refractivity contribution is 5.65. The Kier molecular flexibility index (Phi) is 4.35. The Labute approximate surface area is 179 Å². The normalized spacial score (nSPS) is 15.2. The van der Waals surface area contributed by atoms with Crippen molar-refractivity contribution in [2.45, 2.75) is 6.54 Å². The molecule has 0 spiro atoms. The van der Waals surface area contributed by atoms with E-state index in [4.69, 9.17) is 9.97 Å². The minimum absolute atomic E-state index is 0.628. The molecule has 1 saturated heterocycles. The van der Waals surface area contributed by atoms with Gasteiger partial charge in [-0.3, -0.25) is 4.90 Å². The van der Waals surface area contributed by atoms with Crippen molar-refractivity contribution in [3.05, 3.63) is 79.0 Å². The Hall–Kier alpha value is -3.78. The number of pyridine rings is 1. The summed E-state index contributed by atoms with van der Waals surface area (Å²) in [5, 5.41) is 4.41. The zero-order chi connectivity index (χ0) is 20.6. The molecule has 5 aromatic rings. The molecule has 0 bridgehead atoms. The van der Waals surface area contributed by atoms with Gasteiger partial charge < -0.3 is 9.30 Å². The van der Waals surface area contributed by atoms with Crippen molar-refractivity contribution < 1.29 is 0 Å². The molecule has 0 radical (unpaired) electrons. The van der Waals surface area contributed by atoms with Crippen LogP contribution in [0.2, 0.25) is 0 Å². The SMILES string of the molecule is c1ccc(-c2cc(N3CCN(Cc4cn5ccccc5n4)CC3)n3ncnc3n2)cc1. The van der Waals surface area contributed by atoms with Crippen LogP contribution in [-0.2, 0) is 6.54 Å². The third-order valence-electron chi connectivity index (χ3n) is 5.80. The van der Waals surface area contributed by atoms with Crippen LogP contribution < -0.4 is 4.90 Å². The van der Waals surface area contributed by atoms with Gasteiger partial charge in [-0.25, -0.2) is 9.97 Å². The maximum Gasteiger partial charge on any atom is 0.254 e. The van der Waals surface area contributed by atoms with Crippen LogP contribution in [0, 0.1) is 0 Å². The summed E-state index contributed by atoms with van der Waals surface area (Å²) in [6.07, 6.45) is 5.73. The molecular formula is C23H22N8. The lowest BCUT2D eigenvalue weighted by Crippen LogP contribution is -2.46. The lowest BCUT2D eigenvalue weighted by molar-refractivity contribution is 0.246. The molecule has 4 aromatic heterocycles. The predicted octanol–water partition coefficient (Wildman–Crippen LogP) is 2.76. The van der Waals surface area contributed by atoms with Gasteiger partial charge in [0.15, 0.2) is 0 Å². The van der Waals surface area contributed by atoms with Gasteiger partial charge >= 0.3 is 0 Å². The van der Waals surface area contributed by atoms with Crippen LogP contribution in [0.5, 0.6) is 0 Å². The van der Waals surface area contributed by atoms with Crippen LogP contribution in [0.1, 0.15) is 5.69 Å². The van der Waals surface area contributed by atoms with Gasteiger partial charge in [0.05, 0.1) is 11.4 Å². The maximum absolute atomic E-state index is 4.74. The average molecular weight is 410 g/mol. The molecule has 0 amide bonds. The summed E-state index contributed by atoms with van der Waals surface area (Å²) in [6.45, 7) is 4.63. The molecule has 0 unspecified atom stereocenters. The first-order chi connectivity index (χ1) is 15.3. The number of piperazine rings is 1. The molecule has 5 heterocycles. The van der Waals surface area contributed by atoms with Gasteiger partial charge in [0.2, 0.25) is 0 Å². The second-order valence-corrected chi connectivity index (χ2v) is 7.80. The highest BCUT2D eigenvalue weighted by Crippen LogP contribution is 2.24. The molecule has 31 heavy (non-hydrogen) atoms. The summed E-state index contributed by atoms with van der Waals surface area (Å²) in [5.41, 5.74) is 4.10. The number of aromatic nitrogens is 6. The van der Waals surface area contributed by atoms with Gasteiger partial charge in [-0.05, 0) is 12.1 Å². The highest BCUT2D eigenvalue weighted by atomic mass is 15.4. The predicted molar refractivity (Wildman–Crippen MR) is 119 cm³/mol. The van der Waals surface area contributed by atoms with Crippen LogP contribution in [0.3, 0.4) is 0 Å². The fourth-order valence-corrected chi connectivity index (χ4v) is 4.21. The Morgan fingerprint density at radius 3 is 2.55 bits per heavy atom. The van der Waals surface area contributed by atoms with Gasteiger partial charge in [-0.15, -0.1) is 0 Å². The summed E-state index contributed by atoms with van der Waals surface area (Å²) < 4.78 is 3.92. The molecule has 1 fully saturated rings. The lowest BCUT2D eigenvalue weighted by Gasteiger charge is -2.35. The molecule has 0 aliphatic carbocycles. The number of hydrogen-bond acceptors (Lipinski definition) is 6. The molecule has 1 aliphatic heterocycles. The van der Waals surface area contributed by atoms with Crippen molar-refractivity contribution in [1.82, 2.24) is 33.9 Å². The smallest absolute Gasteiger partial charge is 0.254 e. The summed E-state index contributed by atoms with van der Waals surface area (Å²) in [7, 11) is 0. The van der Waals surface area contributed by atoms with E-state index >= 15 is 0 Å². The zero-order valence-electron chi connectivity index (χ0n) is 17.0. The van der Waals surface area contributed by atoms with Crippen molar-refractivity contribution in [2.75, 3.05) is 31.1 Å². The number of rotatable bonds is 4. The van der Waals surface area contributed by atoms with E-state index in [-0.39, 0.29) is 0 Å². The first kappa shape index (κ1) is 18.0. The fourth-order valence-electron chi connectivity index (χ4n) is 4.21. The first-order valence-corrected chi connectivity index (χ1v) is 10.5. The van der Waals surface area contributed by atoms with E-state index in [1.807, 2.05) is 47.1 Å². The van der Waals surface area contributed by atoms with E-state index in [1.165, 1.54) is 0 Å². The number of anilines is 1. The number of fused-ring (bicyclic) bond motifs is 2. The molecule has 8 nitrogen and oxygen atoms in total. The second-order valence-electron chi connectivity index (χ2n) is 7.80.